The van der Waals surface area contributed by atoms with Gasteiger partial charge in [0.1, 0.15) is 11.4 Å². The van der Waals surface area contributed by atoms with Gasteiger partial charge in [0.15, 0.2) is 0 Å². The number of carbonyl (C=O) groups is 1. The summed E-state index contributed by atoms with van der Waals surface area (Å²) in [6.07, 6.45) is 0. The number of hydrogen-bond acceptors (Lipinski definition) is 3. The molecule has 1 aromatic carbocycles. The zero-order valence-corrected chi connectivity index (χ0v) is 11.5. The highest BCUT2D eigenvalue weighted by Gasteiger charge is 2.16. The predicted molar refractivity (Wildman–Crippen MR) is 69.0 cm³/mol. The van der Waals surface area contributed by atoms with E-state index in [-0.39, 0.29) is 24.9 Å². The van der Waals surface area contributed by atoms with Crippen LogP contribution in [0.5, 0.6) is 0 Å². The lowest BCUT2D eigenvalue weighted by Crippen LogP contribution is -2.31. The Labute approximate surface area is 111 Å². The molecule has 0 aromatic heterocycles. The van der Waals surface area contributed by atoms with Crippen molar-refractivity contribution in [3.8, 4) is 0 Å². The third-order valence-corrected chi connectivity index (χ3v) is 2.41. The topological polar surface area (TPSA) is 38.3 Å². The van der Waals surface area contributed by atoms with E-state index >= 15 is 0 Å². The van der Waals surface area contributed by atoms with Gasteiger partial charge in [-0.2, -0.15) is 0 Å². The van der Waals surface area contributed by atoms with Crippen LogP contribution in [0.1, 0.15) is 26.3 Å². The summed E-state index contributed by atoms with van der Waals surface area (Å²) < 4.78 is 18.5. The Morgan fingerprint density at radius 2 is 2.11 bits per heavy atom. The van der Waals surface area contributed by atoms with E-state index in [1.165, 1.54) is 12.1 Å². The molecule has 0 saturated carbocycles. The fourth-order valence-corrected chi connectivity index (χ4v) is 1.60. The van der Waals surface area contributed by atoms with Crippen LogP contribution >= 0.6 is 11.6 Å². The molecule has 0 saturated heterocycles. The molecule has 0 aliphatic rings. The van der Waals surface area contributed by atoms with Crippen LogP contribution < -0.4 is 5.32 Å². The molecule has 0 bridgehead atoms. The molecule has 0 amide bonds. The molecule has 0 spiro atoms. The number of benzene rings is 1. The number of halogens is 2. The lowest BCUT2D eigenvalue weighted by Gasteiger charge is -2.19. The molecule has 5 heteroatoms. The van der Waals surface area contributed by atoms with Gasteiger partial charge < -0.3 is 10.1 Å². The first-order chi connectivity index (χ1) is 8.29. The van der Waals surface area contributed by atoms with E-state index in [0.717, 1.165) is 0 Å². The molecule has 1 N–H and O–H groups in total. The van der Waals surface area contributed by atoms with Gasteiger partial charge in [-0.15, -0.1) is 0 Å². The zero-order valence-electron chi connectivity index (χ0n) is 10.7. The van der Waals surface area contributed by atoms with Crippen LogP contribution in [0.4, 0.5) is 4.39 Å². The largest absolute Gasteiger partial charge is 0.459 e. The van der Waals surface area contributed by atoms with Crippen molar-refractivity contribution in [3.63, 3.8) is 0 Å². The third kappa shape index (κ3) is 5.02. The van der Waals surface area contributed by atoms with Crippen LogP contribution in [-0.4, -0.2) is 18.1 Å². The highest BCUT2D eigenvalue weighted by Crippen LogP contribution is 2.18. The Hall–Kier alpha value is -1.13. The highest BCUT2D eigenvalue weighted by atomic mass is 35.5. The summed E-state index contributed by atoms with van der Waals surface area (Å²) in [5.74, 6) is -0.769. The molecular formula is C13H17ClFNO2. The fourth-order valence-electron chi connectivity index (χ4n) is 1.37. The molecule has 1 aromatic rings. The summed E-state index contributed by atoms with van der Waals surface area (Å²) in [5.41, 5.74) is -0.170. The summed E-state index contributed by atoms with van der Waals surface area (Å²) in [7, 11) is 0. The van der Waals surface area contributed by atoms with E-state index in [1.807, 2.05) is 0 Å². The minimum absolute atomic E-state index is 0.0158. The molecule has 0 unspecified atom stereocenters. The third-order valence-electron chi connectivity index (χ3n) is 2.05. The second kappa shape index (κ2) is 6.16. The molecule has 100 valence electrons. The van der Waals surface area contributed by atoms with Crippen LogP contribution in [0.25, 0.3) is 0 Å². The monoisotopic (exact) mass is 273 g/mol. The molecule has 18 heavy (non-hydrogen) atoms. The van der Waals surface area contributed by atoms with Crippen molar-refractivity contribution in [1.82, 2.24) is 5.32 Å². The lowest BCUT2D eigenvalue weighted by molar-refractivity contribution is -0.153. The highest BCUT2D eigenvalue weighted by molar-refractivity contribution is 6.31. The molecule has 0 heterocycles. The van der Waals surface area contributed by atoms with Crippen molar-refractivity contribution in [2.75, 3.05) is 6.54 Å². The summed E-state index contributed by atoms with van der Waals surface area (Å²) >= 11 is 5.86. The van der Waals surface area contributed by atoms with Gasteiger partial charge in [0.05, 0.1) is 6.54 Å². The molecular weight excluding hydrogens is 257 g/mol. The second-order valence-electron chi connectivity index (χ2n) is 4.89. The Morgan fingerprint density at radius 3 is 2.67 bits per heavy atom. The molecule has 3 nitrogen and oxygen atoms in total. The van der Waals surface area contributed by atoms with Crippen molar-refractivity contribution in [2.45, 2.75) is 32.9 Å². The second-order valence-corrected chi connectivity index (χ2v) is 5.30. The van der Waals surface area contributed by atoms with E-state index in [1.54, 1.807) is 26.8 Å². The van der Waals surface area contributed by atoms with Gasteiger partial charge in [-0.3, -0.25) is 4.79 Å². The Bertz CT molecular complexity index is 409. The van der Waals surface area contributed by atoms with Crippen LogP contribution in [0.2, 0.25) is 5.02 Å². The Morgan fingerprint density at radius 1 is 1.44 bits per heavy atom. The predicted octanol–water partition coefficient (Wildman–Crippen LogP) is 2.91. The SMILES string of the molecule is CC(C)(C)OC(=O)CNCc1c(F)cccc1Cl. The smallest absolute Gasteiger partial charge is 0.320 e. The first-order valence-corrected chi connectivity index (χ1v) is 6.03. The Kier molecular flexibility index (Phi) is 5.11. The molecule has 0 radical (unpaired) electrons. The minimum Gasteiger partial charge on any atom is -0.459 e. The van der Waals surface area contributed by atoms with Gasteiger partial charge in [-0.25, -0.2) is 4.39 Å². The number of rotatable bonds is 4. The molecule has 0 aliphatic heterocycles. The maximum absolute atomic E-state index is 13.4. The average Bonchev–Trinajstić information content (AvgIpc) is 2.19. The number of carbonyl (C=O) groups excluding carboxylic acids is 1. The normalized spacial score (nSPS) is 11.4. The summed E-state index contributed by atoms with van der Waals surface area (Å²) in [5, 5.41) is 3.15. The van der Waals surface area contributed by atoms with Crippen molar-refractivity contribution in [3.05, 3.63) is 34.6 Å². The summed E-state index contributed by atoms with van der Waals surface area (Å²) in [6, 6.07) is 4.47. The first kappa shape index (κ1) is 14.9. The van der Waals surface area contributed by atoms with Crippen molar-refractivity contribution < 1.29 is 13.9 Å². The summed E-state index contributed by atoms with van der Waals surface area (Å²) in [4.78, 5) is 11.4. The van der Waals surface area contributed by atoms with E-state index in [9.17, 15) is 9.18 Å². The molecule has 0 aliphatic carbocycles. The number of esters is 1. The lowest BCUT2D eigenvalue weighted by atomic mass is 10.2. The van der Waals surface area contributed by atoms with Gasteiger partial charge in [0.25, 0.3) is 0 Å². The standard InChI is InChI=1S/C13H17ClFNO2/c1-13(2,3)18-12(17)8-16-7-9-10(14)5-4-6-11(9)15/h4-6,16H,7-8H2,1-3H3. The van der Waals surface area contributed by atoms with Crippen LogP contribution in [0.15, 0.2) is 18.2 Å². The van der Waals surface area contributed by atoms with Crippen molar-refractivity contribution in [1.29, 1.82) is 0 Å². The summed E-state index contributed by atoms with van der Waals surface area (Å²) in [6.45, 7) is 5.57. The minimum atomic E-state index is -0.519. The Balaban J connectivity index is 2.45. The number of hydrogen-bond donors (Lipinski definition) is 1. The van der Waals surface area contributed by atoms with Crippen molar-refractivity contribution in [2.24, 2.45) is 0 Å². The van der Waals surface area contributed by atoms with Gasteiger partial charge in [0, 0.05) is 17.1 Å². The van der Waals surface area contributed by atoms with Gasteiger partial charge in [-0.05, 0) is 32.9 Å². The number of nitrogens with one attached hydrogen (secondary N) is 1. The maximum Gasteiger partial charge on any atom is 0.320 e. The fraction of sp³-hybridized carbons (Fsp3) is 0.462. The van der Waals surface area contributed by atoms with Gasteiger partial charge in [-0.1, -0.05) is 17.7 Å². The average molecular weight is 274 g/mol. The molecule has 0 atom stereocenters. The first-order valence-electron chi connectivity index (χ1n) is 5.65. The zero-order chi connectivity index (χ0) is 13.8. The van der Waals surface area contributed by atoms with Gasteiger partial charge >= 0.3 is 5.97 Å². The van der Waals surface area contributed by atoms with E-state index in [4.69, 9.17) is 16.3 Å². The number of ether oxygens (including phenoxy) is 1. The maximum atomic E-state index is 13.4. The molecule has 1 rings (SSSR count). The van der Waals surface area contributed by atoms with Gasteiger partial charge in [0.2, 0.25) is 0 Å². The van der Waals surface area contributed by atoms with Crippen LogP contribution in [0.3, 0.4) is 0 Å². The van der Waals surface area contributed by atoms with Crippen LogP contribution in [-0.2, 0) is 16.1 Å². The van der Waals surface area contributed by atoms with E-state index in [2.05, 4.69) is 5.32 Å². The van der Waals surface area contributed by atoms with E-state index < -0.39 is 5.60 Å². The molecule has 0 fully saturated rings. The van der Waals surface area contributed by atoms with Crippen molar-refractivity contribution >= 4 is 17.6 Å². The van der Waals surface area contributed by atoms with Crippen LogP contribution in [0, 0.1) is 5.82 Å². The quantitative estimate of drug-likeness (QED) is 0.858. The van der Waals surface area contributed by atoms with E-state index in [0.29, 0.717) is 10.6 Å².